The van der Waals surface area contributed by atoms with Crippen molar-refractivity contribution < 1.29 is 9.59 Å². The molecule has 1 saturated heterocycles. The molecule has 0 spiro atoms. The first kappa shape index (κ1) is 17.3. The molecule has 0 saturated carbocycles. The van der Waals surface area contributed by atoms with E-state index in [0.717, 1.165) is 29.6 Å². The third kappa shape index (κ3) is 3.56. The summed E-state index contributed by atoms with van der Waals surface area (Å²) in [6.07, 6.45) is 3.84. The maximum Gasteiger partial charge on any atom is 0.313 e. The minimum atomic E-state index is -0.579. The highest BCUT2D eigenvalue weighted by Gasteiger charge is 2.26. The minimum Gasteiger partial charge on any atom is -0.334 e. The average molecular weight is 362 g/mol. The van der Waals surface area contributed by atoms with E-state index < -0.39 is 11.8 Å². The van der Waals surface area contributed by atoms with Crippen LogP contribution in [0.1, 0.15) is 19.8 Å². The molecule has 0 radical (unpaired) electrons. The normalized spacial score (nSPS) is 17.1. The van der Waals surface area contributed by atoms with Crippen LogP contribution in [-0.4, -0.2) is 39.4 Å². The predicted molar refractivity (Wildman–Crippen MR) is 105 cm³/mol. The third-order valence-electron chi connectivity index (χ3n) is 5.00. The number of imidazole rings is 1. The first-order valence-corrected chi connectivity index (χ1v) is 9.24. The van der Waals surface area contributed by atoms with E-state index in [1.807, 2.05) is 41.0 Å². The lowest BCUT2D eigenvalue weighted by Gasteiger charge is -2.30. The lowest BCUT2D eigenvalue weighted by molar-refractivity contribution is -0.144. The molecule has 4 rings (SSSR count). The minimum absolute atomic E-state index is 0.444. The Morgan fingerprint density at radius 3 is 2.67 bits per heavy atom. The zero-order valence-electron chi connectivity index (χ0n) is 15.3. The van der Waals surface area contributed by atoms with Gasteiger partial charge in [-0.2, -0.15) is 0 Å². The summed E-state index contributed by atoms with van der Waals surface area (Å²) in [6.45, 7) is 3.41. The molecule has 1 atom stereocenters. The van der Waals surface area contributed by atoms with Crippen molar-refractivity contribution in [1.82, 2.24) is 14.5 Å². The maximum atomic E-state index is 12.3. The Labute approximate surface area is 157 Å². The van der Waals surface area contributed by atoms with E-state index in [0.29, 0.717) is 24.7 Å². The standard InChI is InChI=1S/C21H22N4O2/c1-15-5-4-12-24(13-15)21(27)20(26)23-16-8-10-17(11-9-16)25-14-22-18-6-2-3-7-19(18)25/h2-3,6-11,14-15H,4-5,12-13H2,1H3,(H,23,26)/t15-/m0/s1. The maximum absolute atomic E-state index is 12.3. The Balaban J connectivity index is 1.46. The van der Waals surface area contributed by atoms with Crippen molar-refractivity contribution in [1.29, 1.82) is 0 Å². The number of rotatable bonds is 2. The number of hydrogen-bond acceptors (Lipinski definition) is 3. The van der Waals surface area contributed by atoms with E-state index in [1.165, 1.54) is 0 Å². The van der Waals surface area contributed by atoms with E-state index in [2.05, 4.69) is 17.2 Å². The molecule has 6 nitrogen and oxygen atoms in total. The van der Waals surface area contributed by atoms with Crippen LogP contribution in [0, 0.1) is 5.92 Å². The molecule has 1 aliphatic heterocycles. The van der Waals surface area contributed by atoms with Crippen molar-refractivity contribution in [3.63, 3.8) is 0 Å². The molecule has 1 fully saturated rings. The number of amides is 2. The Bertz CT molecular complexity index is 977. The van der Waals surface area contributed by atoms with Gasteiger partial charge in [0.1, 0.15) is 6.33 Å². The molecule has 2 amide bonds. The Kier molecular flexibility index (Phi) is 4.62. The van der Waals surface area contributed by atoms with Gasteiger partial charge < -0.3 is 10.2 Å². The number of likely N-dealkylation sites (tertiary alicyclic amines) is 1. The van der Waals surface area contributed by atoms with E-state index in [1.54, 1.807) is 23.4 Å². The lowest BCUT2D eigenvalue weighted by atomic mass is 10.0. The fourth-order valence-electron chi connectivity index (χ4n) is 3.57. The summed E-state index contributed by atoms with van der Waals surface area (Å²) in [4.78, 5) is 30.7. The summed E-state index contributed by atoms with van der Waals surface area (Å²) < 4.78 is 1.99. The van der Waals surface area contributed by atoms with E-state index in [-0.39, 0.29) is 0 Å². The molecule has 27 heavy (non-hydrogen) atoms. The summed E-state index contributed by atoms with van der Waals surface area (Å²) in [5.41, 5.74) is 3.49. The van der Waals surface area contributed by atoms with Gasteiger partial charge in [0.2, 0.25) is 0 Å². The first-order valence-electron chi connectivity index (χ1n) is 9.24. The van der Waals surface area contributed by atoms with Gasteiger partial charge in [0.25, 0.3) is 0 Å². The van der Waals surface area contributed by atoms with Crippen molar-refractivity contribution in [3.8, 4) is 5.69 Å². The number of anilines is 1. The molecule has 2 aromatic carbocycles. The third-order valence-corrected chi connectivity index (χ3v) is 5.00. The summed E-state index contributed by atoms with van der Waals surface area (Å²) in [5, 5.41) is 2.71. The number of piperidine rings is 1. The number of carbonyl (C=O) groups excluding carboxylic acids is 2. The highest BCUT2D eigenvalue weighted by atomic mass is 16.2. The molecule has 3 aromatic rings. The quantitative estimate of drug-likeness (QED) is 0.712. The fraction of sp³-hybridized carbons (Fsp3) is 0.286. The van der Waals surface area contributed by atoms with Gasteiger partial charge in [-0.3, -0.25) is 14.2 Å². The van der Waals surface area contributed by atoms with Crippen LogP contribution in [0.4, 0.5) is 5.69 Å². The SMILES string of the molecule is C[C@H]1CCCN(C(=O)C(=O)Nc2ccc(-n3cnc4ccccc43)cc2)C1. The van der Waals surface area contributed by atoms with Crippen molar-refractivity contribution in [2.75, 3.05) is 18.4 Å². The van der Waals surface area contributed by atoms with Crippen molar-refractivity contribution >= 4 is 28.5 Å². The van der Waals surface area contributed by atoms with Gasteiger partial charge in [-0.1, -0.05) is 19.1 Å². The van der Waals surface area contributed by atoms with E-state index >= 15 is 0 Å². The molecule has 138 valence electrons. The van der Waals surface area contributed by atoms with Gasteiger partial charge in [0.15, 0.2) is 0 Å². The number of para-hydroxylation sites is 2. The van der Waals surface area contributed by atoms with Crippen LogP contribution in [-0.2, 0) is 9.59 Å². The number of hydrogen-bond donors (Lipinski definition) is 1. The summed E-state index contributed by atoms with van der Waals surface area (Å²) in [6, 6.07) is 15.3. The van der Waals surface area contributed by atoms with Crippen molar-refractivity contribution in [3.05, 3.63) is 54.9 Å². The second-order valence-corrected chi connectivity index (χ2v) is 7.10. The molecule has 0 unspecified atom stereocenters. The van der Waals surface area contributed by atoms with Gasteiger partial charge >= 0.3 is 11.8 Å². The lowest BCUT2D eigenvalue weighted by Crippen LogP contribution is -2.44. The molecule has 1 N–H and O–H groups in total. The van der Waals surface area contributed by atoms with E-state index in [9.17, 15) is 9.59 Å². The van der Waals surface area contributed by atoms with Crippen LogP contribution in [0.5, 0.6) is 0 Å². The summed E-state index contributed by atoms with van der Waals surface area (Å²) >= 11 is 0. The monoisotopic (exact) mass is 362 g/mol. The molecular weight excluding hydrogens is 340 g/mol. The zero-order chi connectivity index (χ0) is 18.8. The average Bonchev–Trinajstić information content (AvgIpc) is 3.12. The van der Waals surface area contributed by atoms with Crippen LogP contribution in [0.15, 0.2) is 54.9 Å². The number of fused-ring (bicyclic) bond motifs is 1. The number of carbonyl (C=O) groups is 2. The highest BCUT2D eigenvalue weighted by Crippen LogP contribution is 2.20. The predicted octanol–water partition coefficient (Wildman–Crippen LogP) is 3.22. The topological polar surface area (TPSA) is 67.2 Å². The Morgan fingerprint density at radius 2 is 1.89 bits per heavy atom. The first-order chi connectivity index (χ1) is 13.1. The number of benzene rings is 2. The largest absolute Gasteiger partial charge is 0.334 e. The Morgan fingerprint density at radius 1 is 1.11 bits per heavy atom. The number of aromatic nitrogens is 2. The molecular formula is C21H22N4O2. The van der Waals surface area contributed by atoms with Gasteiger partial charge in [-0.05, 0) is 55.2 Å². The molecule has 0 aliphatic carbocycles. The van der Waals surface area contributed by atoms with Crippen molar-refractivity contribution in [2.24, 2.45) is 5.92 Å². The van der Waals surface area contributed by atoms with E-state index in [4.69, 9.17) is 0 Å². The summed E-state index contributed by atoms with van der Waals surface area (Å²) in [5.74, 6) is -0.587. The van der Waals surface area contributed by atoms with Gasteiger partial charge in [0.05, 0.1) is 11.0 Å². The molecule has 1 aliphatic rings. The fourth-order valence-corrected chi connectivity index (χ4v) is 3.57. The van der Waals surface area contributed by atoms with Gasteiger partial charge in [-0.15, -0.1) is 0 Å². The molecule has 1 aromatic heterocycles. The highest BCUT2D eigenvalue weighted by molar-refractivity contribution is 6.39. The zero-order valence-corrected chi connectivity index (χ0v) is 15.3. The van der Waals surface area contributed by atoms with Crippen LogP contribution >= 0.6 is 0 Å². The second kappa shape index (κ2) is 7.23. The van der Waals surface area contributed by atoms with Crippen LogP contribution in [0.2, 0.25) is 0 Å². The number of nitrogens with one attached hydrogen (secondary N) is 1. The smallest absolute Gasteiger partial charge is 0.313 e. The van der Waals surface area contributed by atoms with Gasteiger partial charge in [0, 0.05) is 24.5 Å². The van der Waals surface area contributed by atoms with Crippen LogP contribution < -0.4 is 5.32 Å². The molecule has 0 bridgehead atoms. The van der Waals surface area contributed by atoms with Crippen LogP contribution in [0.25, 0.3) is 16.7 Å². The summed E-state index contributed by atoms with van der Waals surface area (Å²) in [7, 11) is 0. The number of nitrogens with zero attached hydrogens (tertiary/aromatic N) is 3. The second-order valence-electron chi connectivity index (χ2n) is 7.10. The molecule has 6 heteroatoms. The molecule has 2 heterocycles. The van der Waals surface area contributed by atoms with Gasteiger partial charge in [-0.25, -0.2) is 4.98 Å². The van der Waals surface area contributed by atoms with Crippen LogP contribution in [0.3, 0.4) is 0 Å². The Hall–Kier alpha value is -3.15. The van der Waals surface area contributed by atoms with Crippen molar-refractivity contribution in [2.45, 2.75) is 19.8 Å².